The minimum atomic E-state index is -0.739. The second kappa shape index (κ2) is 3.04. The van der Waals surface area contributed by atoms with Crippen molar-refractivity contribution in [2.75, 3.05) is 5.84 Å². The van der Waals surface area contributed by atoms with Crippen LogP contribution in [-0.4, -0.2) is 15.8 Å². The molecule has 1 heterocycles. The van der Waals surface area contributed by atoms with Crippen LogP contribution in [0.1, 0.15) is 35.7 Å². The molecule has 1 atom stereocenters. The molecule has 0 fully saturated rings. The molecule has 14 heavy (non-hydrogen) atoms. The highest BCUT2D eigenvalue weighted by molar-refractivity contribution is 5.77. The Hall–Kier alpha value is -1.45. The van der Waals surface area contributed by atoms with Gasteiger partial charge in [-0.05, 0) is 37.8 Å². The number of carbonyl (C=O) groups is 1. The smallest absolute Gasteiger partial charge is 0.311 e. The Morgan fingerprint density at radius 3 is 3.07 bits per heavy atom. The first kappa shape index (κ1) is 9.12. The van der Waals surface area contributed by atoms with Crippen LogP contribution in [0.25, 0.3) is 0 Å². The molecule has 0 aromatic carbocycles. The van der Waals surface area contributed by atoms with Gasteiger partial charge in [-0.15, -0.1) is 0 Å². The fourth-order valence-corrected chi connectivity index (χ4v) is 2.18. The standard InChI is InChI=1S/C10H14N2O2/c1-6-5-8-7(10(13)14)3-2-4-9(8)12(6)11/h5,7H,2-4,11H2,1H3,(H,13,14). The van der Waals surface area contributed by atoms with E-state index in [1.807, 2.05) is 13.0 Å². The summed E-state index contributed by atoms with van der Waals surface area (Å²) < 4.78 is 1.62. The number of aryl methyl sites for hydroxylation is 1. The van der Waals surface area contributed by atoms with Crippen LogP contribution in [0.5, 0.6) is 0 Å². The van der Waals surface area contributed by atoms with E-state index in [0.29, 0.717) is 0 Å². The fraction of sp³-hybridized carbons (Fsp3) is 0.500. The van der Waals surface area contributed by atoms with Crippen LogP contribution in [0, 0.1) is 6.92 Å². The van der Waals surface area contributed by atoms with E-state index in [9.17, 15) is 4.79 Å². The van der Waals surface area contributed by atoms with Gasteiger partial charge in [-0.2, -0.15) is 0 Å². The second-order valence-corrected chi connectivity index (χ2v) is 3.84. The van der Waals surface area contributed by atoms with Crippen molar-refractivity contribution in [2.24, 2.45) is 0 Å². The number of carboxylic acid groups (broad SMARTS) is 1. The van der Waals surface area contributed by atoms with Crippen LogP contribution in [-0.2, 0) is 11.2 Å². The van der Waals surface area contributed by atoms with E-state index in [0.717, 1.165) is 36.2 Å². The maximum Gasteiger partial charge on any atom is 0.311 e. The number of hydrogen-bond donors (Lipinski definition) is 2. The Labute approximate surface area is 82.3 Å². The number of nitrogens with zero attached hydrogens (tertiary/aromatic N) is 1. The van der Waals surface area contributed by atoms with Crippen molar-refractivity contribution in [3.05, 3.63) is 23.0 Å². The number of aliphatic carboxylic acids is 1. The highest BCUT2D eigenvalue weighted by Gasteiger charge is 2.28. The largest absolute Gasteiger partial charge is 0.481 e. The summed E-state index contributed by atoms with van der Waals surface area (Å²) in [6.07, 6.45) is 2.53. The molecule has 1 aliphatic carbocycles. The number of nitrogen functional groups attached to an aromatic ring is 1. The molecule has 76 valence electrons. The Bertz CT molecular complexity index is 382. The highest BCUT2D eigenvalue weighted by Crippen LogP contribution is 2.32. The zero-order valence-corrected chi connectivity index (χ0v) is 8.16. The third-order valence-corrected chi connectivity index (χ3v) is 2.95. The third-order valence-electron chi connectivity index (χ3n) is 2.95. The summed E-state index contributed by atoms with van der Waals surface area (Å²) in [5.41, 5.74) is 2.83. The van der Waals surface area contributed by atoms with Gasteiger partial charge >= 0.3 is 5.97 Å². The first-order valence-corrected chi connectivity index (χ1v) is 4.80. The molecule has 1 aromatic rings. The van der Waals surface area contributed by atoms with Gasteiger partial charge in [0.15, 0.2) is 0 Å². The summed E-state index contributed by atoms with van der Waals surface area (Å²) >= 11 is 0. The zero-order valence-electron chi connectivity index (χ0n) is 8.16. The highest BCUT2D eigenvalue weighted by atomic mass is 16.4. The first-order valence-electron chi connectivity index (χ1n) is 4.80. The molecule has 0 aliphatic heterocycles. The minimum Gasteiger partial charge on any atom is -0.481 e. The lowest BCUT2D eigenvalue weighted by Gasteiger charge is -2.19. The number of carboxylic acids is 1. The molecule has 0 spiro atoms. The molecule has 3 N–H and O–H groups in total. The summed E-state index contributed by atoms with van der Waals surface area (Å²) in [5.74, 6) is 4.71. The van der Waals surface area contributed by atoms with Gasteiger partial charge in [0.2, 0.25) is 0 Å². The number of aromatic nitrogens is 1. The van der Waals surface area contributed by atoms with Crippen LogP contribution in [0.3, 0.4) is 0 Å². The van der Waals surface area contributed by atoms with E-state index >= 15 is 0 Å². The van der Waals surface area contributed by atoms with Gasteiger partial charge in [-0.1, -0.05) is 0 Å². The fourth-order valence-electron chi connectivity index (χ4n) is 2.18. The Morgan fingerprint density at radius 2 is 2.43 bits per heavy atom. The summed E-state index contributed by atoms with van der Waals surface area (Å²) in [6, 6.07) is 1.90. The second-order valence-electron chi connectivity index (χ2n) is 3.84. The van der Waals surface area contributed by atoms with Crippen molar-refractivity contribution < 1.29 is 9.90 Å². The average Bonchev–Trinajstić information content (AvgIpc) is 2.43. The third kappa shape index (κ3) is 1.18. The molecular weight excluding hydrogens is 180 g/mol. The van der Waals surface area contributed by atoms with Gasteiger partial charge in [0.25, 0.3) is 0 Å². The monoisotopic (exact) mass is 194 g/mol. The van der Waals surface area contributed by atoms with Crippen LogP contribution in [0.2, 0.25) is 0 Å². The number of hydrogen-bond acceptors (Lipinski definition) is 2. The molecular formula is C10H14N2O2. The van der Waals surface area contributed by atoms with E-state index in [1.165, 1.54) is 0 Å². The minimum absolute atomic E-state index is 0.359. The molecule has 0 radical (unpaired) electrons. The average molecular weight is 194 g/mol. The quantitative estimate of drug-likeness (QED) is 0.656. The van der Waals surface area contributed by atoms with Gasteiger partial charge < -0.3 is 10.9 Å². The van der Waals surface area contributed by atoms with Crippen molar-refractivity contribution in [3.63, 3.8) is 0 Å². The van der Waals surface area contributed by atoms with Crippen LogP contribution in [0.4, 0.5) is 0 Å². The lowest BCUT2D eigenvalue weighted by Crippen LogP contribution is -2.21. The molecule has 4 heteroatoms. The molecule has 1 aliphatic rings. The first-order chi connectivity index (χ1) is 6.61. The van der Waals surface area contributed by atoms with Crippen molar-refractivity contribution in [2.45, 2.75) is 32.1 Å². The predicted octanol–water partition coefficient (Wildman–Crippen LogP) is 1.01. The molecule has 0 amide bonds. The maximum absolute atomic E-state index is 11.0. The number of nitrogens with two attached hydrogens (primary N) is 1. The van der Waals surface area contributed by atoms with E-state index in [1.54, 1.807) is 4.68 Å². The topological polar surface area (TPSA) is 68.2 Å². The molecule has 4 nitrogen and oxygen atoms in total. The van der Waals surface area contributed by atoms with Crippen LogP contribution >= 0.6 is 0 Å². The van der Waals surface area contributed by atoms with Crippen molar-refractivity contribution in [1.82, 2.24) is 4.68 Å². The van der Waals surface area contributed by atoms with Gasteiger partial charge in [-0.25, -0.2) is 0 Å². The number of fused-ring (bicyclic) bond motifs is 1. The summed E-state index contributed by atoms with van der Waals surface area (Å²) in [7, 11) is 0. The van der Waals surface area contributed by atoms with E-state index in [-0.39, 0.29) is 5.92 Å². The Balaban J connectivity index is 2.50. The lowest BCUT2D eigenvalue weighted by molar-refractivity contribution is -0.139. The SMILES string of the molecule is Cc1cc2c(n1N)CCCC2C(=O)O. The van der Waals surface area contributed by atoms with Crippen molar-refractivity contribution in [1.29, 1.82) is 0 Å². The summed E-state index contributed by atoms with van der Waals surface area (Å²) in [6.45, 7) is 1.90. The number of rotatable bonds is 1. The van der Waals surface area contributed by atoms with Gasteiger partial charge in [0.1, 0.15) is 0 Å². The molecule has 0 saturated carbocycles. The summed E-state index contributed by atoms with van der Waals surface area (Å²) in [4.78, 5) is 11.0. The molecule has 1 aromatic heterocycles. The Morgan fingerprint density at radius 1 is 1.71 bits per heavy atom. The van der Waals surface area contributed by atoms with Gasteiger partial charge in [-0.3, -0.25) is 9.47 Å². The zero-order chi connectivity index (χ0) is 10.3. The molecule has 0 saturated heterocycles. The predicted molar refractivity (Wildman–Crippen MR) is 52.6 cm³/mol. The van der Waals surface area contributed by atoms with Crippen LogP contribution in [0.15, 0.2) is 6.07 Å². The van der Waals surface area contributed by atoms with E-state index < -0.39 is 5.97 Å². The van der Waals surface area contributed by atoms with Crippen molar-refractivity contribution in [3.8, 4) is 0 Å². The van der Waals surface area contributed by atoms with E-state index in [2.05, 4.69) is 0 Å². The summed E-state index contributed by atoms with van der Waals surface area (Å²) in [5, 5.41) is 9.04. The molecule has 0 bridgehead atoms. The lowest BCUT2D eigenvalue weighted by atomic mass is 9.87. The van der Waals surface area contributed by atoms with E-state index in [4.69, 9.17) is 10.9 Å². The van der Waals surface area contributed by atoms with Gasteiger partial charge in [0.05, 0.1) is 5.92 Å². The van der Waals surface area contributed by atoms with Crippen molar-refractivity contribution >= 4 is 5.97 Å². The molecule has 1 unspecified atom stereocenters. The van der Waals surface area contributed by atoms with Gasteiger partial charge in [0, 0.05) is 11.4 Å². The molecule has 2 rings (SSSR count). The van der Waals surface area contributed by atoms with Crippen LogP contribution < -0.4 is 5.84 Å². The maximum atomic E-state index is 11.0. The normalized spacial score (nSPS) is 20.5. The Kier molecular flexibility index (Phi) is 1.98.